The Bertz CT molecular complexity index is 762. The van der Waals surface area contributed by atoms with Crippen LogP contribution in [0.5, 0.6) is 0 Å². The molecule has 224 valence electrons. The molecule has 0 aliphatic carbocycles. The van der Waals surface area contributed by atoms with Gasteiger partial charge in [0.05, 0.1) is 5.75 Å². The maximum atomic E-state index is 14.2. The van der Waals surface area contributed by atoms with E-state index in [1.54, 1.807) is 0 Å². The quantitative estimate of drug-likeness (QED) is 0.176. The molecule has 37 heavy (non-hydrogen) atoms. The van der Waals surface area contributed by atoms with Crippen molar-refractivity contribution in [2.24, 2.45) is 5.92 Å². The van der Waals surface area contributed by atoms with E-state index in [0.29, 0.717) is 6.54 Å². The first kappa shape index (κ1) is 35.9. The van der Waals surface area contributed by atoms with Gasteiger partial charge in [0.15, 0.2) is 0 Å². The summed E-state index contributed by atoms with van der Waals surface area (Å²) in [6.07, 6.45) is -34.7. The van der Waals surface area contributed by atoms with E-state index in [1.807, 2.05) is 4.72 Å². The van der Waals surface area contributed by atoms with Crippen molar-refractivity contribution in [3.8, 4) is 0 Å². The molecule has 0 amide bonds. The van der Waals surface area contributed by atoms with E-state index in [9.17, 15) is 69.9 Å². The Balaban J connectivity index is 5.65. The van der Waals surface area contributed by atoms with Crippen molar-refractivity contribution in [1.82, 2.24) is 10.0 Å². The molecule has 2 N–H and O–H groups in total. The number of sulfonamides is 1. The minimum absolute atomic E-state index is 0.181. The molecular formula is C18H26F14N2O2S. The summed E-state index contributed by atoms with van der Waals surface area (Å²) in [6, 6.07) is 0. The number of unbranched alkanes of at least 4 members (excludes halogenated alkanes) is 1. The molecule has 0 bridgehead atoms. The second-order valence-electron chi connectivity index (χ2n) is 8.37. The third-order valence-corrected chi connectivity index (χ3v) is 6.89. The van der Waals surface area contributed by atoms with Gasteiger partial charge in [-0.2, -0.15) is 52.7 Å². The number of rotatable bonds is 15. The average Bonchev–Trinajstić information content (AvgIpc) is 2.68. The zero-order valence-electron chi connectivity index (χ0n) is 19.2. The Morgan fingerprint density at radius 2 is 1.08 bits per heavy atom. The Hall–Kier alpha value is -1.11. The zero-order valence-corrected chi connectivity index (χ0v) is 20.0. The molecule has 0 aliphatic rings. The van der Waals surface area contributed by atoms with Crippen molar-refractivity contribution in [1.29, 1.82) is 0 Å². The summed E-state index contributed by atoms with van der Waals surface area (Å²) >= 11 is 0. The lowest BCUT2D eigenvalue weighted by atomic mass is 9.85. The van der Waals surface area contributed by atoms with Gasteiger partial charge in [0.25, 0.3) is 11.3 Å². The summed E-state index contributed by atoms with van der Waals surface area (Å²) in [5.74, 6) is -3.21. The number of hydrogen-bond donors (Lipinski definition) is 2. The molecule has 0 rings (SSSR count). The number of alkyl halides is 14. The first-order valence-corrected chi connectivity index (χ1v) is 12.3. The van der Waals surface area contributed by atoms with Crippen LogP contribution in [-0.2, 0) is 10.0 Å². The summed E-state index contributed by atoms with van der Waals surface area (Å²) in [5.41, 5.74) is -11.5. The smallest absolute Gasteiger partial charge is 0.320 e. The molecule has 0 aromatic carbocycles. The Morgan fingerprint density at radius 1 is 0.622 bits per heavy atom. The average molecular weight is 600 g/mol. The van der Waals surface area contributed by atoms with Gasteiger partial charge in [-0.05, 0) is 45.2 Å². The van der Waals surface area contributed by atoms with Gasteiger partial charge in [-0.15, -0.1) is 0 Å². The topological polar surface area (TPSA) is 58.2 Å². The molecule has 0 aromatic heterocycles. The van der Waals surface area contributed by atoms with Crippen LogP contribution in [0.25, 0.3) is 0 Å². The molecule has 4 nitrogen and oxygen atoms in total. The number of nitrogens with one attached hydrogen (secondary N) is 2. The van der Waals surface area contributed by atoms with Gasteiger partial charge < -0.3 is 5.32 Å². The van der Waals surface area contributed by atoms with Crippen molar-refractivity contribution in [3.63, 3.8) is 0 Å². The van der Waals surface area contributed by atoms with Crippen LogP contribution in [0.2, 0.25) is 0 Å². The lowest BCUT2D eigenvalue weighted by Gasteiger charge is -2.33. The van der Waals surface area contributed by atoms with Crippen molar-refractivity contribution >= 4 is 10.0 Å². The predicted octanol–water partition coefficient (Wildman–Crippen LogP) is 6.14. The van der Waals surface area contributed by atoms with Gasteiger partial charge in [0.1, 0.15) is 0 Å². The largest absolute Gasteiger partial charge is 0.431 e. The highest BCUT2D eigenvalue weighted by Crippen LogP contribution is 2.51. The monoisotopic (exact) mass is 600 g/mol. The van der Waals surface area contributed by atoms with Crippen molar-refractivity contribution < 1.29 is 69.9 Å². The predicted molar refractivity (Wildman–Crippen MR) is 103 cm³/mol. The standard InChI is InChI=1S/C18H26F14N2O2S/c1-33-8-4-9-34-37(35,36)10-6-12(11-14(20,17(27,28)29)18(30,31)32)5-2-3-7-13(19,15(21,22)23)16(24,25)26/h12,33-34H,2-11H2,1H3. The number of halogens is 14. The van der Waals surface area contributed by atoms with Crippen molar-refractivity contribution in [3.05, 3.63) is 0 Å². The van der Waals surface area contributed by atoms with E-state index in [-0.39, 0.29) is 13.0 Å². The molecular weight excluding hydrogens is 574 g/mol. The first-order chi connectivity index (χ1) is 16.3. The fraction of sp³-hybridized carbons (Fsp3) is 1.00. The third-order valence-electron chi connectivity index (χ3n) is 5.47. The molecule has 0 heterocycles. The summed E-state index contributed by atoms with van der Waals surface area (Å²) in [6.45, 7) is 0.151. The second-order valence-corrected chi connectivity index (χ2v) is 10.3. The molecule has 0 fully saturated rings. The van der Waals surface area contributed by atoms with Gasteiger partial charge in [-0.1, -0.05) is 12.8 Å². The molecule has 0 saturated heterocycles. The second kappa shape index (κ2) is 12.8. The molecule has 0 radical (unpaired) electrons. The summed E-state index contributed by atoms with van der Waals surface area (Å²) < 4.78 is 207. The third kappa shape index (κ3) is 10.2. The van der Waals surface area contributed by atoms with Gasteiger partial charge in [-0.25, -0.2) is 21.9 Å². The van der Waals surface area contributed by atoms with Crippen LogP contribution in [-0.4, -0.2) is 70.4 Å². The van der Waals surface area contributed by atoms with Crippen LogP contribution in [0.1, 0.15) is 44.9 Å². The van der Waals surface area contributed by atoms with Crippen LogP contribution in [0.4, 0.5) is 61.5 Å². The Labute approximate surface area is 203 Å². The van der Waals surface area contributed by atoms with Gasteiger partial charge in [-0.3, -0.25) is 0 Å². The molecule has 1 unspecified atom stereocenters. The fourth-order valence-corrected chi connectivity index (χ4v) is 4.51. The molecule has 1 atom stereocenters. The zero-order chi connectivity index (χ0) is 29.6. The minimum atomic E-state index is -6.52. The van der Waals surface area contributed by atoms with Crippen LogP contribution in [0, 0.1) is 5.92 Å². The maximum absolute atomic E-state index is 14.2. The first-order valence-electron chi connectivity index (χ1n) is 10.6. The van der Waals surface area contributed by atoms with E-state index < -0.39 is 96.3 Å². The molecule has 0 saturated carbocycles. The number of hydrogen-bond acceptors (Lipinski definition) is 3. The van der Waals surface area contributed by atoms with Gasteiger partial charge >= 0.3 is 24.7 Å². The van der Waals surface area contributed by atoms with E-state index >= 15 is 0 Å². The Morgan fingerprint density at radius 3 is 1.49 bits per heavy atom. The van der Waals surface area contributed by atoms with E-state index in [0.717, 1.165) is 0 Å². The van der Waals surface area contributed by atoms with Gasteiger partial charge in [0, 0.05) is 13.0 Å². The maximum Gasteiger partial charge on any atom is 0.431 e. The van der Waals surface area contributed by atoms with Crippen LogP contribution >= 0.6 is 0 Å². The Kier molecular flexibility index (Phi) is 12.4. The normalized spacial score (nSPS) is 15.8. The summed E-state index contributed by atoms with van der Waals surface area (Å²) in [5, 5.41) is 2.66. The summed E-state index contributed by atoms with van der Waals surface area (Å²) in [4.78, 5) is 0. The molecule has 0 aromatic rings. The van der Waals surface area contributed by atoms with E-state index in [1.165, 1.54) is 7.05 Å². The van der Waals surface area contributed by atoms with Crippen LogP contribution < -0.4 is 10.0 Å². The highest BCUT2D eigenvalue weighted by molar-refractivity contribution is 7.89. The minimum Gasteiger partial charge on any atom is -0.320 e. The lowest BCUT2D eigenvalue weighted by Crippen LogP contribution is -2.54. The molecule has 0 aliphatic heterocycles. The van der Waals surface area contributed by atoms with Crippen molar-refractivity contribution in [2.75, 3.05) is 25.9 Å². The molecule has 0 spiro atoms. The fourth-order valence-electron chi connectivity index (χ4n) is 3.27. The lowest BCUT2D eigenvalue weighted by molar-refractivity contribution is -0.346. The summed E-state index contributed by atoms with van der Waals surface area (Å²) in [7, 11) is -2.77. The highest BCUT2D eigenvalue weighted by atomic mass is 32.2. The van der Waals surface area contributed by atoms with E-state index in [2.05, 4.69) is 5.32 Å². The SMILES string of the molecule is CNCCCNS(=O)(=O)CCC(CCCCC(F)(C(F)(F)F)C(F)(F)F)CC(F)(C(F)(F)F)C(F)(F)F. The van der Waals surface area contributed by atoms with Gasteiger partial charge in [0.2, 0.25) is 10.0 Å². The van der Waals surface area contributed by atoms with Crippen molar-refractivity contribution in [2.45, 2.75) is 81.0 Å². The molecule has 19 heteroatoms. The van der Waals surface area contributed by atoms with Crippen LogP contribution in [0.15, 0.2) is 0 Å². The van der Waals surface area contributed by atoms with E-state index in [4.69, 9.17) is 0 Å². The van der Waals surface area contributed by atoms with Crippen LogP contribution in [0.3, 0.4) is 0 Å². The highest BCUT2D eigenvalue weighted by Gasteiger charge is 2.73.